The van der Waals surface area contributed by atoms with E-state index < -0.39 is 29.7 Å². The van der Waals surface area contributed by atoms with Crippen molar-refractivity contribution in [2.75, 3.05) is 5.32 Å². The number of aryl methyl sites for hydroxylation is 2. The van der Waals surface area contributed by atoms with E-state index in [1.165, 1.54) is 34.6 Å². The molecule has 0 aliphatic carbocycles. The predicted octanol–water partition coefficient (Wildman–Crippen LogP) is 5.40. The van der Waals surface area contributed by atoms with Gasteiger partial charge in [0, 0.05) is 28.9 Å². The molecule has 14 heteroatoms. The molecule has 1 N–H and O–H groups in total. The number of anilines is 1. The monoisotopic (exact) mass is 536 g/mol. The van der Waals surface area contributed by atoms with Crippen LogP contribution in [-0.2, 0) is 5.75 Å². The van der Waals surface area contributed by atoms with Crippen molar-refractivity contribution in [3.63, 3.8) is 0 Å². The Balaban J connectivity index is 1.66. The number of hydrogen-bond donors (Lipinski definition) is 1. The Kier molecular flexibility index (Phi) is 7.38. The molecule has 0 aliphatic heterocycles. The van der Waals surface area contributed by atoms with Gasteiger partial charge >= 0.3 is 6.36 Å². The van der Waals surface area contributed by atoms with Crippen LogP contribution in [0.2, 0.25) is 0 Å². The van der Waals surface area contributed by atoms with Gasteiger partial charge in [-0.15, -0.1) is 18.3 Å². The Hall–Kier alpha value is -4.07. The zero-order valence-electron chi connectivity index (χ0n) is 19.2. The molecule has 2 aromatic carbocycles. The fourth-order valence-corrected chi connectivity index (χ4v) is 4.20. The maximum Gasteiger partial charge on any atom is 0.573 e. The zero-order chi connectivity index (χ0) is 26.7. The number of nitrogens with one attached hydrogen (secondary N) is 1. The van der Waals surface area contributed by atoms with Gasteiger partial charge < -0.3 is 10.1 Å². The molecule has 4 aromatic rings. The molecule has 37 heavy (non-hydrogen) atoms. The third kappa shape index (κ3) is 6.58. The number of halogens is 5. The minimum absolute atomic E-state index is 0.0108. The van der Waals surface area contributed by atoms with Gasteiger partial charge in [0.1, 0.15) is 5.75 Å². The molecule has 0 atom stereocenters. The highest BCUT2D eigenvalue weighted by Gasteiger charge is 2.31. The molecule has 0 spiro atoms. The topological polar surface area (TPSA) is 94.8 Å². The van der Waals surface area contributed by atoms with Crippen LogP contribution in [0.15, 0.2) is 53.7 Å². The molecule has 8 nitrogen and oxygen atoms in total. The Labute approximate surface area is 210 Å². The maximum atomic E-state index is 13.6. The van der Waals surface area contributed by atoms with E-state index in [2.05, 4.69) is 30.3 Å². The van der Waals surface area contributed by atoms with Crippen LogP contribution in [0.25, 0.3) is 5.69 Å². The number of carbonyl (C=O) groups is 1. The molecule has 1 amide bonds. The first-order valence-electron chi connectivity index (χ1n) is 10.5. The molecule has 0 bridgehead atoms. The minimum Gasteiger partial charge on any atom is -0.406 e. The molecule has 192 valence electrons. The lowest BCUT2D eigenvalue weighted by Crippen LogP contribution is -2.17. The second-order valence-electron chi connectivity index (χ2n) is 7.64. The first-order valence-corrected chi connectivity index (χ1v) is 11.5. The van der Waals surface area contributed by atoms with Gasteiger partial charge in [-0.2, -0.15) is 0 Å². The summed E-state index contributed by atoms with van der Waals surface area (Å²) in [6.45, 7) is 3.60. The second kappa shape index (κ2) is 10.5. The van der Waals surface area contributed by atoms with Crippen LogP contribution in [0.1, 0.15) is 27.6 Å². The summed E-state index contributed by atoms with van der Waals surface area (Å²) in [4.78, 5) is 21.7. The lowest BCUT2D eigenvalue weighted by molar-refractivity contribution is -0.274. The van der Waals surface area contributed by atoms with Gasteiger partial charge in [-0.1, -0.05) is 17.0 Å². The first-order chi connectivity index (χ1) is 17.5. The SMILES string of the molecule is Cc1cc(C)nc(SCc2c(C(=O)Nc3ccc(F)c(F)c3)nnn2-c2ccc(OC(F)(F)F)cc2)n1. The second-order valence-corrected chi connectivity index (χ2v) is 8.59. The lowest BCUT2D eigenvalue weighted by atomic mass is 10.2. The number of hydrogen-bond acceptors (Lipinski definition) is 7. The van der Waals surface area contributed by atoms with Crippen LogP contribution in [0.4, 0.5) is 27.6 Å². The van der Waals surface area contributed by atoms with Gasteiger partial charge in [0.15, 0.2) is 22.5 Å². The molecule has 2 aromatic heterocycles. The van der Waals surface area contributed by atoms with Gasteiger partial charge in [0.2, 0.25) is 0 Å². The van der Waals surface area contributed by atoms with E-state index in [0.29, 0.717) is 10.8 Å². The summed E-state index contributed by atoms with van der Waals surface area (Å²) in [6, 6.07) is 9.46. The molecule has 0 aliphatic rings. The molecule has 0 fully saturated rings. The fourth-order valence-electron chi connectivity index (χ4n) is 3.26. The van der Waals surface area contributed by atoms with Gasteiger partial charge in [0.05, 0.1) is 11.4 Å². The zero-order valence-corrected chi connectivity index (χ0v) is 20.0. The number of alkyl halides is 3. The highest BCUT2D eigenvalue weighted by Crippen LogP contribution is 2.27. The number of thioether (sulfide) groups is 1. The minimum atomic E-state index is -4.85. The molecule has 2 heterocycles. The highest BCUT2D eigenvalue weighted by molar-refractivity contribution is 7.98. The number of amides is 1. The van der Waals surface area contributed by atoms with E-state index in [0.717, 1.165) is 35.7 Å². The molecular weight excluding hydrogens is 519 g/mol. The number of ether oxygens (including phenoxy) is 1. The Morgan fingerprint density at radius 2 is 1.68 bits per heavy atom. The molecule has 0 saturated carbocycles. The fraction of sp³-hybridized carbons (Fsp3) is 0.174. The first kappa shape index (κ1) is 26.0. The van der Waals surface area contributed by atoms with E-state index in [1.54, 1.807) is 19.9 Å². The predicted molar refractivity (Wildman–Crippen MR) is 123 cm³/mol. The van der Waals surface area contributed by atoms with Crippen LogP contribution < -0.4 is 10.1 Å². The van der Waals surface area contributed by atoms with Crippen LogP contribution >= 0.6 is 11.8 Å². The number of nitrogens with zero attached hydrogens (tertiary/aromatic N) is 5. The smallest absolute Gasteiger partial charge is 0.406 e. The average Bonchev–Trinajstić information content (AvgIpc) is 3.23. The highest BCUT2D eigenvalue weighted by atomic mass is 32.2. The normalized spacial score (nSPS) is 11.4. The van der Waals surface area contributed by atoms with Crippen molar-refractivity contribution in [1.82, 2.24) is 25.0 Å². The van der Waals surface area contributed by atoms with Gasteiger partial charge in [-0.05, 0) is 56.3 Å². The van der Waals surface area contributed by atoms with Crippen molar-refractivity contribution in [2.45, 2.75) is 31.1 Å². The maximum absolute atomic E-state index is 13.6. The van der Waals surface area contributed by atoms with Crippen molar-refractivity contribution in [2.24, 2.45) is 0 Å². The summed E-state index contributed by atoms with van der Waals surface area (Å²) in [5.74, 6) is -3.33. The summed E-state index contributed by atoms with van der Waals surface area (Å²) in [7, 11) is 0. The summed E-state index contributed by atoms with van der Waals surface area (Å²) in [6.07, 6.45) is -4.85. The van der Waals surface area contributed by atoms with Crippen molar-refractivity contribution in [1.29, 1.82) is 0 Å². The number of aromatic nitrogens is 5. The molecular formula is C23H17F5N6O2S. The molecule has 0 radical (unpaired) electrons. The standard InChI is InChI=1S/C23H17F5N6O2S/c1-12-9-13(2)30-22(29-12)37-11-19-20(21(35)31-14-3-8-17(24)18(25)10-14)32-33-34(19)15-4-6-16(7-5-15)36-23(26,27)28/h3-10H,11H2,1-2H3,(H,31,35). The van der Waals surface area contributed by atoms with Crippen molar-refractivity contribution in [3.05, 3.63) is 82.9 Å². The Morgan fingerprint density at radius 1 is 1.00 bits per heavy atom. The molecule has 0 saturated heterocycles. The third-order valence-corrected chi connectivity index (χ3v) is 5.63. The van der Waals surface area contributed by atoms with E-state index in [1.807, 2.05) is 0 Å². The summed E-state index contributed by atoms with van der Waals surface area (Å²) in [5.41, 5.74) is 1.88. The Morgan fingerprint density at radius 3 is 2.30 bits per heavy atom. The van der Waals surface area contributed by atoms with Crippen LogP contribution in [0.5, 0.6) is 5.75 Å². The third-order valence-electron chi connectivity index (χ3n) is 4.77. The van der Waals surface area contributed by atoms with E-state index in [4.69, 9.17) is 0 Å². The van der Waals surface area contributed by atoms with E-state index >= 15 is 0 Å². The number of benzene rings is 2. The van der Waals surface area contributed by atoms with Crippen LogP contribution in [-0.4, -0.2) is 37.2 Å². The average molecular weight is 536 g/mol. The van der Waals surface area contributed by atoms with E-state index in [-0.39, 0.29) is 22.8 Å². The molecule has 4 rings (SSSR count). The van der Waals surface area contributed by atoms with Crippen molar-refractivity contribution >= 4 is 23.4 Å². The molecule has 0 unspecified atom stereocenters. The summed E-state index contributed by atoms with van der Waals surface area (Å²) < 4.78 is 69.5. The van der Waals surface area contributed by atoms with Gasteiger partial charge in [-0.3, -0.25) is 4.79 Å². The Bertz CT molecular complexity index is 1420. The van der Waals surface area contributed by atoms with Gasteiger partial charge in [-0.25, -0.2) is 23.4 Å². The lowest BCUT2D eigenvalue weighted by Gasteiger charge is -2.11. The van der Waals surface area contributed by atoms with Gasteiger partial charge in [0.25, 0.3) is 5.91 Å². The number of rotatable bonds is 7. The van der Waals surface area contributed by atoms with Crippen molar-refractivity contribution < 1.29 is 31.5 Å². The van der Waals surface area contributed by atoms with Crippen molar-refractivity contribution in [3.8, 4) is 11.4 Å². The van der Waals surface area contributed by atoms with Crippen LogP contribution in [0.3, 0.4) is 0 Å². The summed E-state index contributed by atoms with van der Waals surface area (Å²) in [5, 5.41) is 10.8. The quantitative estimate of drug-likeness (QED) is 0.192. The van der Waals surface area contributed by atoms with Crippen LogP contribution in [0, 0.1) is 25.5 Å². The van der Waals surface area contributed by atoms with E-state index in [9.17, 15) is 26.7 Å². The summed E-state index contributed by atoms with van der Waals surface area (Å²) >= 11 is 1.18. The largest absolute Gasteiger partial charge is 0.573 e. The number of carbonyl (C=O) groups excluding carboxylic acids is 1.